The van der Waals surface area contributed by atoms with Crippen molar-refractivity contribution in [2.45, 2.75) is 50.9 Å². The number of benzene rings is 3. The molecule has 8 heteroatoms. The molecular formula is C37H43N5O3. The van der Waals surface area contributed by atoms with Gasteiger partial charge in [-0.25, -0.2) is 9.97 Å². The molecule has 4 aromatic rings. The van der Waals surface area contributed by atoms with Gasteiger partial charge in [-0.2, -0.15) is 0 Å². The van der Waals surface area contributed by atoms with E-state index in [4.69, 9.17) is 14.5 Å². The average Bonchev–Trinajstić information content (AvgIpc) is 3.60. The molecule has 1 aliphatic carbocycles. The molecule has 1 fully saturated rings. The summed E-state index contributed by atoms with van der Waals surface area (Å²) in [4.78, 5) is 24.9. The van der Waals surface area contributed by atoms with Crippen molar-refractivity contribution in [1.82, 2.24) is 14.9 Å². The number of likely N-dealkylation sites (tertiary alicyclic amines) is 1. The quantitative estimate of drug-likeness (QED) is 0.164. The summed E-state index contributed by atoms with van der Waals surface area (Å²) >= 11 is 0. The number of carbonyl (C=O) groups is 1. The zero-order chi connectivity index (χ0) is 31.0. The fourth-order valence-corrected chi connectivity index (χ4v) is 6.64. The minimum absolute atomic E-state index is 0.000778. The fourth-order valence-electron chi connectivity index (χ4n) is 6.64. The van der Waals surface area contributed by atoms with Crippen LogP contribution in [0.25, 0.3) is 11.3 Å². The van der Waals surface area contributed by atoms with Gasteiger partial charge in [-0.05, 0) is 98.6 Å². The SMILES string of the molecule is COc1cccc(CCCC(=O)Nc2ccc(C3Cc4cnc(NCCCN5CCCC5)nc4-c4ccccc43)cc2)c1OC. The number of nitrogens with one attached hydrogen (secondary N) is 2. The summed E-state index contributed by atoms with van der Waals surface area (Å²) < 4.78 is 10.9. The van der Waals surface area contributed by atoms with Crippen LogP contribution in [0, 0.1) is 0 Å². The fraction of sp³-hybridized carbons (Fsp3) is 0.378. The Bertz CT molecular complexity index is 1600. The van der Waals surface area contributed by atoms with Crippen LogP contribution >= 0.6 is 0 Å². The number of rotatable bonds is 13. The molecule has 0 saturated carbocycles. The molecule has 2 aliphatic rings. The first kappa shape index (κ1) is 30.6. The van der Waals surface area contributed by atoms with E-state index in [9.17, 15) is 4.79 Å². The second-order valence-corrected chi connectivity index (χ2v) is 11.9. The number of hydrogen-bond acceptors (Lipinski definition) is 7. The van der Waals surface area contributed by atoms with E-state index in [0.717, 1.165) is 66.2 Å². The molecule has 0 bridgehead atoms. The van der Waals surface area contributed by atoms with Gasteiger partial charge in [0.05, 0.1) is 19.9 Å². The van der Waals surface area contributed by atoms with E-state index in [2.05, 4.69) is 56.9 Å². The Morgan fingerprint density at radius 3 is 2.58 bits per heavy atom. The van der Waals surface area contributed by atoms with Crippen molar-refractivity contribution < 1.29 is 14.3 Å². The molecule has 1 amide bonds. The third kappa shape index (κ3) is 7.28. The first-order valence-electron chi connectivity index (χ1n) is 16.1. The molecule has 1 aromatic heterocycles. The Kier molecular flexibility index (Phi) is 9.90. The monoisotopic (exact) mass is 605 g/mol. The number of nitrogens with zero attached hydrogens (tertiary/aromatic N) is 3. The van der Waals surface area contributed by atoms with Crippen LogP contribution in [0.2, 0.25) is 0 Å². The van der Waals surface area contributed by atoms with Crippen molar-refractivity contribution in [3.63, 3.8) is 0 Å². The molecule has 1 unspecified atom stereocenters. The predicted molar refractivity (Wildman–Crippen MR) is 179 cm³/mol. The van der Waals surface area contributed by atoms with Gasteiger partial charge in [0.1, 0.15) is 0 Å². The largest absolute Gasteiger partial charge is 0.493 e. The van der Waals surface area contributed by atoms with Crippen LogP contribution < -0.4 is 20.1 Å². The van der Waals surface area contributed by atoms with Gasteiger partial charge >= 0.3 is 0 Å². The topological polar surface area (TPSA) is 88.6 Å². The van der Waals surface area contributed by atoms with Gasteiger partial charge in [0.15, 0.2) is 11.5 Å². The van der Waals surface area contributed by atoms with Gasteiger partial charge in [0, 0.05) is 36.3 Å². The molecule has 2 heterocycles. The highest BCUT2D eigenvalue weighted by molar-refractivity contribution is 5.90. The number of carbonyl (C=O) groups excluding carboxylic acids is 1. The van der Waals surface area contributed by atoms with Crippen LogP contribution in [-0.2, 0) is 17.6 Å². The maximum atomic E-state index is 12.8. The zero-order valence-electron chi connectivity index (χ0n) is 26.4. The molecule has 8 nitrogen and oxygen atoms in total. The number of aromatic nitrogens is 2. The van der Waals surface area contributed by atoms with Crippen molar-refractivity contribution in [2.75, 3.05) is 51.0 Å². The highest BCUT2D eigenvalue weighted by Crippen LogP contribution is 2.42. The first-order chi connectivity index (χ1) is 22.1. The average molecular weight is 606 g/mol. The van der Waals surface area contributed by atoms with Crippen molar-refractivity contribution in [3.05, 3.63) is 95.2 Å². The van der Waals surface area contributed by atoms with E-state index in [1.165, 1.54) is 37.1 Å². The molecule has 0 spiro atoms. The van der Waals surface area contributed by atoms with Crippen molar-refractivity contribution in [1.29, 1.82) is 0 Å². The second-order valence-electron chi connectivity index (χ2n) is 11.9. The van der Waals surface area contributed by atoms with E-state index in [1.54, 1.807) is 14.2 Å². The number of para-hydroxylation sites is 1. The summed E-state index contributed by atoms with van der Waals surface area (Å²) in [6.07, 6.45) is 8.43. The van der Waals surface area contributed by atoms with Crippen LogP contribution in [0.4, 0.5) is 11.6 Å². The van der Waals surface area contributed by atoms with Gasteiger partial charge in [0.25, 0.3) is 0 Å². The molecule has 3 aromatic carbocycles. The highest BCUT2D eigenvalue weighted by atomic mass is 16.5. The Labute approximate surface area is 266 Å². The maximum Gasteiger partial charge on any atom is 0.224 e. The van der Waals surface area contributed by atoms with E-state index in [1.807, 2.05) is 36.5 Å². The molecular weight excluding hydrogens is 562 g/mol. The highest BCUT2D eigenvalue weighted by Gasteiger charge is 2.27. The number of ether oxygens (including phenoxy) is 2. The summed E-state index contributed by atoms with van der Waals surface area (Å²) in [5.74, 6) is 2.33. The normalized spacial score (nSPS) is 15.6. The van der Waals surface area contributed by atoms with Crippen LogP contribution in [0.3, 0.4) is 0 Å². The second kappa shape index (κ2) is 14.6. The van der Waals surface area contributed by atoms with Gasteiger partial charge in [-0.3, -0.25) is 4.79 Å². The molecule has 1 aliphatic heterocycles. The third-order valence-electron chi connectivity index (χ3n) is 8.94. The number of hydrogen-bond donors (Lipinski definition) is 2. The number of amides is 1. The van der Waals surface area contributed by atoms with Crippen LogP contribution in [0.1, 0.15) is 60.3 Å². The summed E-state index contributed by atoms with van der Waals surface area (Å²) in [6.45, 7) is 4.46. The third-order valence-corrected chi connectivity index (χ3v) is 8.94. The summed E-state index contributed by atoms with van der Waals surface area (Å²) in [5, 5.41) is 6.51. The smallest absolute Gasteiger partial charge is 0.224 e. The Morgan fingerprint density at radius 1 is 0.956 bits per heavy atom. The Morgan fingerprint density at radius 2 is 1.78 bits per heavy atom. The molecule has 0 radical (unpaired) electrons. The zero-order valence-corrected chi connectivity index (χ0v) is 26.4. The summed E-state index contributed by atoms with van der Waals surface area (Å²) in [7, 11) is 3.27. The van der Waals surface area contributed by atoms with Gasteiger partial charge in [-0.1, -0.05) is 48.5 Å². The molecule has 1 saturated heterocycles. The van der Waals surface area contributed by atoms with Gasteiger partial charge < -0.3 is 25.0 Å². The number of fused-ring (bicyclic) bond motifs is 3. The lowest BCUT2D eigenvalue weighted by Gasteiger charge is -2.27. The van der Waals surface area contributed by atoms with Gasteiger partial charge in [0.2, 0.25) is 11.9 Å². The predicted octanol–water partition coefficient (Wildman–Crippen LogP) is 6.71. The standard InChI is InChI=1S/C37H43N5O3/c1-44-33-14-7-10-27(36(33)45-2)11-8-15-34(43)40-29-18-16-26(17-19-29)32-24-28-25-39-37(38-20-9-23-42-21-5-6-22-42)41-35(28)31-13-4-3-12-30(31)32/h3-4,7,10,12-14,16-19,25,32H,5-6,8-9,11,15,20-24H2,1-2H3,(H,40,43)(H,38,39,41). The van der Waals surface area contributed by atoms with Crippen LogP contribution in [-0.4, -0.2) is 61.2 Å². The minimum Gasteiger partial charge on any atom is -0.493 e. The van der Waals surface area contributed by atoms with Crippen molar-refractivity contribution >= 4 is 17.5 Å². The summed E-state index contributed by atoms with van der Waals surface area (Å²) in [6, 6.07) is 22.7. The van der Waals surface area contributed by atoms with Crippen LogP contribution in [0.15, 0.2) is 72.9 Å². The van der Waals surface area contributed by atoms with E-state index < -0.39 is 0 Å². The lowest BCUT2D eigenvalue weighted by molar-refractivity contribution is -0.116. The minimum atomic E-state index is -0.000778. The van der Waals surface area contributed by atoms with Crippen LogP contribution in [0.5, 0.6) is 11.5 Å². The summed E-state index contributed by atoms with van der Waals surface area (Å²) in [5.41, 5.74) is 7.66. The number of aryl methyl sites for hydroxylation is 1. The molecule has 2 N–H and O–H groups in total. The van der Waals surface area contributed by atoms with Crippen molar-refractivity contribution in [3.8, 4) is 22.8 Å². The number of methoxy groups -OCH3 is 2. The molecule has 234 valence electrons. The lowest BCUT2D eigenvalue weighted by atomic mass is 9.78. The molecule has 1 atom stereocenters. The van der Waals surface area contributed by atoms with Gasteiger partial charge in [-0.15, -0.1) is 0 Å². The van der Waals surface area contributed by atoms with E-state index in [-0.39, 0.29) is 11.8 Å². The lowest BCUT2D eigenvalue weighted by Crippen LogP contribution is -2.22. The van der Waals surface area contributed by atoms with E-state index >= 15 is 0 Å². The maximum absolute atomic E-state index is 12.8. The molecule has 45 heavy (non-hydrogen) atoms. The Hall–Kier alpha value is -4.43. The van der Waals surface area contributed by atoms with Crippen molar-refractivity contribution in [2.24, 2.45) is 0 Å². The molecule has 6 rings (SSSR count). The first-order valence-corrected chi connectivity index (χ1v) is 16.1. The van der Waals surface area contributed by atoms with E-state index in [0.29, 0.717) is 24.5 Å². The Balaban J connectivity index is 1.06. The number of anilines is 2.